The van der Waals surface area contributed by atoms with Crippen LogP contribution in [0.25, 0.3) is 0 Å². The highest BCUT2D eigenvalue weighted by Gasteiger charge is 2.50. The molecule has 0 bridgehead atoms. The van der Waals surface area contributed by atoms with E-state index in [4.69, 9.17) is 10.7 Å². The Morgan fingerprint density at radius 3 is 2.28 bits per heavy atom. The summed E-state index contributed by atoms with van der Waals surface area (Å²) in [5, 5.41) is 8.51. The standard InChI is InChI=1S/C30H29N7O2/c1-2-25-33-34-26-20-35(16-17-36(25)26)27(38)22-11-9-10-21(18-22)19-37-28(39)30(32-29(37)31,23-12-5-3-6-13-23)24-14-7-4-8-15-24/h3-15,18H,2,16-17,19-20H2,1H3,(H2,31,32). The summed E-state index contributed by atoms with van der Waals surface area (Å²) >= 11 is 0. The van der Waals surface area contributed by atoms with Gasteiger partial charge in [-0.05, 0) is 28.8 Å². The zero-order chi connectivity index (χ0) is 27.0. The van der Waals surface area contributed by atoms with E-state index in [1.54, 1.807) is 11.0 Å². The average Bonchev–Trinajstić information content (AvgIpc) is 3.51. The fourth-order valence-corrected chi connectivity index (χ4v) is 5.45. The lowest BCUT2D eigenvalue weighted by atomic mass is 9.83. The van der Waals surface area contributed by atoms with Gasteiger partial charge in [0.05, 0.1) is 13.1 Å². The Labute approximate surface area is 226 Å². The maximum atomic E-state index is 14.1. The summed E-state index contributed by atoms with van der Waals surface area (Å²) in [6.45, 7) is 3.92. The second-order valence-corrected chi connectivity index (χ2v) is 9.77. The van der Waals surface area contributed by atoms with Crippen LogP contribution in [0.5, 0.6) is 0 Å². The van der Waals surface area contributed by atoms with E-state index < -0.39 is 5.54 Å². The Kier molecular flexibility index (Phi) is 6.18. The molecule has 6 rings (SSSR count). The minimum absolute atomic E-state index is 0.0820. The van der Waals surface area contributed by atoms with Gasteiger partial charge < -0.3 is 15.2 Å². The zero-order valence-corrected chi connectivity index (χ0v) is 21.7. The van der Waals surface area contributed by atoms with Crippen LogP contribution in [-0.2, 0) is 36.4 Å². The summed E-state index contributed by atoms with van der Waals surface area (Å²) < 4.78 is 2.09. The van der Waals surface area contributed by atoms with Crippen molar-refractivity contribution in [2.45, 2.75) is 38.5 Å². The maximum Gasteiger partial charge on any atom is 0.266 e. The lowest BCUT2D eigenvalue weighted by molar-refractivity contribution is -0.130. The molecular formula is C30H29N7O2. The second-order valence-electron chi connectivity index (χ2n) is 9.77. The van der Waals surface area contributed by atoms with E-state index >= 15 is 0 Å². The Hall–Kier alpha value is -4.79. The number of hydrogen-bond acceptors (Lipinski definition) is 6. The van der Waals surface area contributed by atoms with Crippen LogP contribution in [0, 0.1) is 0 Å². The first-order chi connectivity index (χ1) is 19.0. The highest BCUT2D eigenvalue weighted by Crippen LogP contribution is 2.40. The SMILES string of the molecule is CCc1nnc2n1CCN(C(=O)c1cccc(CN3C(=O)C(c4ccccc4)(c4ccccc4)N=C3N)c1)C2. The third kappa shape index (κ3) is 4.16. The lowest BCUT2D eigenvalue weighted by Crippen LogP contribution is -2.43. The van der Waals surface area contributed by atoms with Gasteiger partial charge in [-0.1, -0.05) is 79.7 Å². The topological polar surface area (TPSA) is 110 Å². The molecule has 0 fully saturated rings. The number of aromatic nitrogens is 3. The van der Waals surface area contributed by atoms with Gasteiger partial charge in [-0.15, -0.1) is 10.2 Å². The number of benzene rings is 3. The van der Waals surface area contributed by atoms with Crippen LogP contribution in [0.3, 0.4) is 0 Å². The quantitative estimate of drug-likeness (QED) is 0.421. The van der Waals surface area contributed by atoms with Gasteiger partial charge in [-0.2, -0.15) is 0 Å². The molecule has 2 amide bonds. The van der Waals surface area contributed by atoms with E-state index in [1.807, 2.05) is 85.8 Å². The van der Waals surface area contributed by atoms with E-state index in [-0.39, 0.29) is 24.3 Å². The molecule has 2 aliphatic rings. The molecule has 0 atom stereocenters. The van der Waals surface area contributed by atoms with Crippen LogP contribution in [0.1, 0.15) is 45.6 Å². The molecule has 0 spiro atoms. The molecule has 3 aromatic carbocycles. The first-order valence-corrected chi connectivity index (χ1v) is 13.1. The second kappa shape index (κ2) is 9.83. The summed E-state index contributed by atoms with van der Waals surface area (Å²) in [5.41, 5.74) is 7.98. The van der Waals surface area contributed by atoms with Crippen LogP contribution in [0.2, 0.25) is 0 Å². The smallest absolute Gasteiger partial charge is 0.266 e. The number of rotatable bonds is 6. The molecular weight excluding hydrogens is 490 g/mol. The number of nitrogens with two attached hydrogens (primary N) is 1. The monoisotopic (exact) mass is 519 g/mol. The summed E-state index contributed by atoms with van der Waals surface area (Å²) in [5.74, 6) is 1.58. The minimum atomic E-state index is -1.26. The largest absolute Gasteiger partial charge is 0.369 e. The molecule has 2 N–H and O–H groups in total. The van der Waals surface area contributed by atoms with Gasteiger partial charge in [0, 0.05) is 25.1 Å². The van der Waals surface area contributed by atoms with Crippen molar-refractivity contribution in [3.8, 4) is 0 Å². The van der Waals surface area contributed by atoms with E-state index in [0.717, 1.165) is 34.8 Å². The van der Waals surface area contributed by atoms with E-state index in [0.29, 0.717) is 25.2 Å². The Bertz CT molecular complexity index is 1520. The predicted octanol–water partition coefficient (Wildman–Crippen LogP) is 3.10. The molecule has 0 aliphatic carbocycles. The van der Waals surface area contributed by atoms with Gasteiger partial charge in [0.25, 0.3) is 11.8 Å². The predicted molar refractivity (Wildman–Crippen MR) is 146 cm³/mol. The molecule has 0 radical (unpaired) electrons. The summed E-state index contributed by atoms with van der Waals surface area (Å²) in [7, 11) is 0. The van der Waals surface area contributed by atoms with Crippen molar-refractivity contribution in [1.82, 2.24) is 24.6 Å². The molecule has 196 valence electrons. The Balaban J connectivity index is 1.26. The number of aryl methyl sites for hydroxylation is 1. The average molecular weight is 520 g/mol. The van der Waals surface area contributed by atoms with Gasteiger partial charge in [0.15, 0.2) is 17.3 Å². The van der Waals surface area contributed by atoms with Crippen LogP contribution >= 0.6 is 0 Å². The lowest BCUT2D eigenvalue weighted by Gasteiger charge is -2.28. The first kappa shape index (κ1) is 24.5. The van der Waals surface area contributed by atoms with Gasteiger partial charge >= 0.3 is 0 Å². The third-order valence-corrected chi connectivity index (χ3v) is 7.44. The fraction of sp³-hybridized carbons (Fsp3) is 0.233. The first-order valence-electron chi connectivity index (χ1n) is 13.1. The Morgan fingerprint density at radius 1 is 0.923 bits per heavy atom. The third-order valence-electron chi connectivity index (χ3n) is 7.44. The normalized spacial score (nSPS) is 16.2. The number of nitrogens with zero attached hydrogens (tertiary/aromatic N) is 6. The van der Waals surface area contributed by atoms with Gasteiger partial charge in [-0.25, -0.2) is 4.99 Å². The molecule has 0 saturated heterocycles. The maximum absolute atomic E-state index is 14.1. The van der Waals surface area contributed by atoms with E-state index in [1.165, 1.54) is 4.90 Å². The number of carbonyl (C=O) groups excluding carboxylic acids is 2. The molecule has 9 heteroatoms. The van der Waals surface area contributed by atoms with Gasteiger partial charge in [-0.3, -0.25) is 14.5 Å². The molecule has 39 heavy (non-hydrogen) atoms. The highest BCUT2D eigenvalue weighted by molar-refractivity contribution is 6.09. The van der Waals surface area contributed by atoms with Crippen molar-refractivity contribution in [1.29, 1.82) is 0 Å². The molecule has 2 aliphatic heterocycles. The number of hydrogen-bond donors (Lipinski definition) is 1. The zero-order valence-electron chi connectivity index (χ0n) is 21.7. The van der Waals surface area contributed by atoms with Crippen LogP contribution in [0.15, 0.2) is 89.9 Å². The van der Waals surface area contributed by atoms with Crippen molar-refractivity contribution < 1.29 is 9.59 Å². The molecule has 0 unspecified atom stereocenters. The van der Waals surface area contributed by atoms with Crippen LogP contribution in [0.4, 0.5) is 0 Å². The molecule has 0 saturated carbocycles. The molecule has 3 heterocycles. The summed E-state index contributed by atoms with van der Waals surface area (Å²) in [6.07, 6.45) is 0.806. The van der Waals surface area contributed by atoms with E-state index in [9.17, 15) is 9.59 Å². The van der Waals surface area contributed by atoms with Crippen molar-refractivity contribution in [3.63, 3.8) is 0 Å². The highest BCUT2D eigenvalue weighted by atomic mass is 16.2. The van der Waals surface area contributed by atoms with Crippen molar-refractivity contribution in [3.05, 3.63) is 119 Å². The number of aliphatic imine (C=N–C) groups is 1. The van der Waals surface area contributed by atoms with Crippen molar-refractivity contribution in [2.24, 2.45) is 10.7 Å². The Morgan fingerprint density at radius 2 is 1.62 bits per heavy atom. The number of carbonyl (C=O) groups is 2. The summed E-state index contributed by atoms with van der Waals surface area (Å²) in [4.78, 5) is 35.6. The van der Waals surface area contributed by atoms with Crippen molar-refractivity contribution in [2.75, 3.05) is 6.54 Å². The van der Waals surface area contributed by atoms with E-state index in [2.05, 4.69) is 14.8 Å². The van der Waals surface area contributed by atoms with Crippen LogP contribution < -0.4 is 5.73 Å². The fourth-order valence-electron chi connectivity index (χ4n) is 5.45. The number of amides is 2. The molecule has 1 aromatic heterocycles. The van der Waals surface area contributed by atoms with Crippen LogP contribution in [-0.4, -0.2) is 48.9 Å². The summed E-state index contributed by atoms with van der Waals surface area (Å²) in [6, 6.07) is 26.3. The minimum Gasteiger partial charge on any atom is -0.369 e. The van der Waals surface area contributed by atoms with Gasteiger partial charge in [0.1, 0.15) is 5.82 Å². The number of fused-ring (bicyclic) bond motifs is 1. The number of guanidine groups is 1. The molecule has 4 aromatic rings. The van der Waals surface area contributed by atoms with Crippen molar-refractivity contribution >= 4 is 17.8 Å². The molecule has 9 nitrogen and oxygen atoms in total. The van der Waals surface area contributed by atoms with Gasteiger partial charge in [0.2, 0.25) is 0 Å².